The predicted octanol–water partition coefficient (Wildman–Crippen LogP) is 6.32. The zero-order valence-electron chi connectivity index (χ0n) is 14.9. The molecule has 0 N–H and O–H groups in total. The molecule has 0 atom stereocenters. The highest BCUT2D eigenvalue weighted by atomic mass is 32.2. The molecule has 0 aliphatic carbocycles. The van der Waals surface area contributed by atoms with Gasteiger partial charge in [0.2, 0.25) is 5.82 Å². The molecule has 0 amide bonds. The Labute approximate surface area is 162 Å². The molecule has 0 spiro atoms. The molecule has 0 nitrogen and oxygen atoms in total. The lowest BCUT2D eigenvalue weighted by atomic mass is 9.83. The van der Waals surface area contributed by atoms with Crippen LogP contribution < -0.4 is 0 Å². The molecule has 0 saturated heterocycles. The minimum Gasteiger partial charge on any atom is -0.203 e. The van der Waals surface area contributed by atoms with Crippen molar-refractivity contribution in [1.82, 2.24) is 0 Å². The summed E-state index contributed by atoms with van der Waals surface area (Å²) in [5, 5.41) is 0. The summed E-state index contributed by atoms with van der Waals surface area (Å²) in [4.78, 5) is 1.77. The molecule has 1 aliphatic heterocycles. The number of halogens is 5. The predicted molar refractivity (Wildman–Crippen MR) is 99.1 cm³/mol. The van der Waals surface area contributed by atoms with E-state index in [0.717, 1.165) is 22.0 Å². The van der Waals surface area contributed by atoms with Crippen LogP contribution in [0.15, 0.2) is 58.3 Å². The maximum Gasteiger partial charge on any atom is 0.200 e. The summed E-state index contributed by atoms with van der Waals surface area (Å²) in [6.07, 6.45) is 0.902. The zero-order chi connectivity index (χ0) is 20.0. The molecule has 0 radical (unpaired) electrons. The summed E-state index contributed by atoms with van der Waals surface area (Å²) in [5.74, 6) is -9.73. The minimum absolute atomic E-state index is 0.324. The molecule has 3 aromatic rings. The standard InChI is InChI=1S/C22H16F5S/c1-2-11-28-14-9-5-3-7-12(14)16(13-8-4-6-10-15(13)28)17-18(23)20(25)22(27)21(26)19(17)24/h3-10,16H,2,11H2,1H3/q+1. The molecule has 28 heavy (non-hydrogen) atoms. The summed E-state index contributed by atoms with van der Waals surface area (Å²) >= 11 is 0. The van der Waals surface area contributed by atoms with Crippen LogP contribution >= 0.6 is 0 Å². The van der Waals surface area contributed by atoms with E-state index >= 15 is 0 Å². The number of hydrogen-bond donors (Lipinski definition) is 0. The molecule has 144 valence electrons. The molecule has 6 heteroatoms. The summed E-state index contributed by atoms with van der Waals surface area (Å²) in [6.45, 7) is 2.05. The van der Waals surface area contributed by atoms with Gasteiger partial charge >= 0.3 is 0 Å². The van der Waals surface area contributed by atoms with E-state index in [1.807, 2.05) is 31.2 Å². The molecule has 1 heterocycles. The van der Waals surface area contributed by atoms with Gasteiger partial charge in [-0.15, -0.1) is 0 Å². The van der Waals surface area contributed by atoms with Gasteiger partial charge in [-0.05, 0) is 18.6 Å². The van der Waals surface area contributed by atoms with Crippen LogP contribution in [0.5, 0.6) is 0 Å². The van der Waals surface area contributed by atoms with Gasteiger partial charge in [-0.1, -0.05) is 43.3 Å². The molecule has 4 rings (SSSR count). The van der Waals surface area contributed by atoms with E-state index in [-0.39, 0.29) is 10.9 Å². The summed E-state index contributed by atoms with van der Waals surface area (Å²) < 4.78 is 70.9. The average Bonchev–Trinajstić information content (AvgIpc) is 2.72. The maximum atomic E-state index is 14.7. The molecule has 0 saturated carbocycles. The van der Waals surface area contributed by atoms with Gasteiger partial charge in [0.1, 0.15) is 5.75 Å². The Morgan fingerprint density at radius 2 is 1.11 bits per heavy atom. The van der Waals surface area contributed by atoms with E-state index in [1.54, 1.807) is 24.3 Å². The van der Waals surface area contributed by atoms with Gasteiger partial charge in [0, 0.05) is 22.6 Å². The zero-order valence-corrected chi connectivity index (χ0v) is 15.7. The summed E-state index contributed by atoms with van der Waals surface area (Å²) in [5.41, 5.74) is 0.374. The van der Waals surface area contributed by atoms with Crippen molar-refractivity contribution in [2.45, 2.75) is 29.1 Å². The SMILES string of the molecule is CCC[S+]1c2ccccc2C(c2c(F)c(F)c(F)c(F)c2F)c2ccccc21. The van der Waals surface area contributed by atoms with E-state index in [9.17, 15) is 22.0 Å². The van der Waals surface area contributed by atoms with Gasteiger partial charge in [-0.25, -0.2) is 22.0 Å². The molecule has 0 aromatic heterocycles. The first-order valence-electron chi connectivity index (χ1n) is 8.87. The van der Waals surface area contributed by atoms with Crippen molar-refractivity contribution in [1.29, 1.82) is 0 Å². The second kappa shape index (κ2) is 7.24. The molecule has 0 fully saturated rings. The first kappa shape index (κ1) is 19.0. The van der Waals surface area contributed by atoms with Crippen molar-refractivity contribution in [2.75, 3.05) is 5.75 Å². The average molecular weight is 407 g/mol. The largest absolute Gasteiger partial charge is 0.203 e. The number of rotatable bonds is 3. The fourth-order valence-electron chi connectivity index (χ4n) is 3.78. The van der Waals surface area contributed by atoms with Crippen LogP contribution in [0.1, 0.15) is 36.0 Å². The smallest absolute Gasteiger partial charge is 0.200 e. The van der Waals surface area contributed by atoms with Crippen LogP contribution in [0.4, 0.5) is 22.0 Å². The highest BCUT2D eigenvalue weighted by molar-refractivity contribution is 7.97. The van der Waals surface area contributed by atoms with Gasteiger partial charge in [-0.3, -0.25) is 0 Å². The minimum atomic E-state index is -2.14. The van der Waals surface area contributed by atoms with E-state index in [1.165, 1.54) is 0 Å². The molecular formula is C22H16F5S+. The van der Waals surface area contributed by atoms with Gasteiger partial charge in [0.25, 0.3) is 0 Å². The Morgan fingerprint density at radius 3 is 1.57 bits per heavy atom. The third kappa shape index (κ3) is 2.73. The second-order valence-electron chi connectivity index (χ2n) is 6.59. The summed E-state index contributed by atoms with van der Waals surface area (Å²) in [7, 11) is -0.324. The van der Waals surface area contributed by atoms with Crippen LogP contribution in [-0.4, -0.2) is 5.75 Å². The van der Waals surface area contributed by atoms with Gasteiger partial charge in [0.15, 0.2) is 33.1 Å². The lowest BCUT2D eigenvalue weighted by Gasteiger charge is -2.28. The second-order valence-corrected chi connectivity index (χ2v) is 8.66. The van der Waals surface area contributed by atoms with Crippen molar-refractivity contribution >= 4 is 10.9 Å². The van der Waals surface area contributed by atoms with Crippen LogP contribution in [0.25, 0.3) is 0 Å². The monoisotopic (exact) mass is 407 g/mol. The van der Waals surface area contributed by atoms with Crippen LogP contribution in [0.2, 0.25) is 0 Å². The number of benzene rings is 3. The number of hydrogen-bond acceptors (Lipinski definition) is 0. The highest BCUT2D eigenvalue weighted by Crippen LogP contribution is 2.48. The van der Waals surface area contributed by atoms with Crippen molar-refractivity contribution in [3.05, 3.63) is 94.3 Å². The van der Waals surface area contributed by atoms with Crippen LogP contribution in [0.3, 0.4) is 0 Å². The van der Waals surface area contributed by atoms with E-state index in [0.29, 0.717) is 11.1 Å². The van der Waals surface area contributed by atoms with E-state index in [4.69, 9.17) is 0 Å². The molecule has 3 aromatic carbocycles. The topological polar surface area (TPSA) is 0 Å². The fraction of sp³-hybridized carbons (Fsp3) is 0.182. The van der Waals surface area contributed by atoms with Crippen LogP contribution in [-0.2, 0) is 10.9 Å². The van der Waals surface area contributed by atoms with Crippen molar-refractivity contribution in [3.8, 4) is 0 Å². The maximum absolute atomic E-state index is 14.7. The Balaban J connectivity index is 2.07. The number of fused-ring (bicyclic) bond motifs is 2. The first-order valence-corrected chi connectivity index (χ1v) is 10.3. The molecule has 0 bridgehead atoms. The Morgan fingerprint density at radius 1 is 0.679 bits per heavy atom. The van der Waals surface area contributed by atoms with Crippen LogP contribution in [0, 0.1) is 29.1 Å². The Kier molecular flexibility index (Phi) is 4.91. The molecular weight excluding hydrogens is 391 g/mol. The first-order chi connectivity index (χ1) is 13.5. The molecule has 1 aliphatic rings. The fourth-order valence-corrected chi connectivity index (χ4v) is 6.29. The van der Waals surface area contributed by atoms with Crippen molar-refractivity contribution in [2.24, 2.45) is 0 Å². The Bertz CT molecular complexity index is 986. The van der Waals surface area contributed by atoms with Crippen molar-refractivity contribution in [3.63, 3.8) is 0 Å². The lowest BCUT2D eigenvalue weighted by Crippen LogP contribution is -2.24. The summed E-state index contributed by atoms with van der Waals surface area (Å²) in [6, 6.07) is 14.3. The van der Waals surface area contributed by atoms with Gasteiger partial charge < -0.3 is 0 Å². The third-order valence-corrected chi connectivity index (χ3v) is 7.55. The third-order valence-electron chi connectivity index (χ3n) is 4.93. The molecule has 0 unspecified atom stereocenters. The quantitative estimate of drug-likeness (QED) is 0.206. The highest BCUT2D eigenvalue weighted by Gasteiger charge is 2.43. The van der Waals surface area contributed by atoms with Gasteiger partial charge in [-0.2, -0.15) is 0 Å². The van der Waals surface area contributed by atoms with E-state index in [2.05, 4.69) is 0 Å². The van der Waals surface area contributed by atoms with E-state index < -0.39 is 40.6 Å². The normalized spacial score (nSPS) is 17.9. The van der Waals surface area contributed by atoms with Crippen molar-refractivity contribution < 1.29 is 22.0 Å². The van der Waals surface area contributed by atoms with Gasteiger partial charge in [0.05, 0.1) is 10.9 Å². The Hall–Kier alpha value is -2.34. The lowest BCUT2D eigenvalue weighted by molar-refractivity contribution is 0.368.